The second-order valence-corrected chi connectivity index (χ2v) is 3.96. The lowest BCUT2D eigenvalue weighted by Crippen LogP contribution is -2.48. The fourth-order valence-corrected chi connectivity index (χ4v) is 1.12. The highest BCUT2D eigenvalue weighted by Gasteiger charge is 2.29. The van der Waals surface area contributed by atoms with Crippen LogP contribution < -0.4 is 5.73 Å². The molecule has 0 radical (unpaired) electrons. The zero-order valence-electron chi connectivity index (χ0n) is 10.1. The summed E-state index contributed by atoms with van der Waals surface area (Å²) >= 11 is 0. The number of likely N-dealkylation sites (N-methyl/N-ethyl adjacent to an activating group) is 1. The number of nitrogens with zero attached hydrogens (tertiary/aromatic N) is 1. The van der Waals surface area contributed by atoms with Gasteiger partial charge in [-0.05, 0) is 20.4 Å². The number of nitrogens with two attached hydrogens (primary N) is 1. The quantitative estimate of drug-likeness (QED) is 0.602. The third kappa shape index (κ3) is 5.71. The Morgan fingerprint density at radius 1 is 1.40 bits per heavy atom. The first-order valence-electron chi connectivity index (χ1n) is 4.99. The maximum atomic E-state index is 11.3. The zero-order chi connectivity index (χ0) is 11.9. The molecule has 5 heteroatoms. The highest BCUT2D eigenvalue weighted by Crippen LogP contribution is 2.08. The number of carbonyl (C=O) groups excluding carboxylic acids is 1. The van der Waals surface area contributed by atoms with Crippen molar-refractivity contribution in [1.82, 2.24) is 4.90 Å². The molecule has 1 atom stereocenters. The molecule has 0 fully saturated rings. The minimum absolute atomic E-state index is 0.373. The molecule has 0 saturated heterocycles. The normalized spacial score (nSPS) is 15.1. The van der Waals surface area contributed by atoms with Crippen LogP contribution in [0.5, 0.6) is 0 Å². The Balaban J connectivity index is 3.87. The van der Waals surface area contributed by atoms with E-state index in [9.17, 15) is 4.79 Å². The number of hydrogen-bond donors (Lipinski definition) is 1. The number of esters is 1. The van der Waals surface area contributed by atoms with Crippen molar-refractivity contribution in [2.75, 3.05) is 41.0 Å². The first kappa shape index (κ1) is 14.3. The van der Waals surface area contributed by atoms with Crippen molar-refractivity contribution in [3.8, 4) is 0 Å². The Morgan fingerprint density at radius 2 is 2.00 bits per heavy atom. The Labute approximate surface area is 91.5 Å². The molecule has 0 rings (SSSR count). The standard InChI is InChI=1S/C10H22N2O3/c1-10(11,9(13)15-4)5-6-12(2)7-8-14-3/h5-8,11H2,1-4H3. The van der Waals surface area contributed by atoms with Crippen LogP contribution in [0.2, 0.25) is 0 Å². The maximum Gasteiger partial charge on any atom is 0.325 e. The molecule has 0 saturated carbocycles. The summed E-state index contributed by atoms with van der Waals surface area (Å²) in [6.45, 7) is 3.93. The molecule has 0 amide bonds. The Bertz CT molecular complexity index is 195. The number of ether oxygens (including phenoxy) is 2. The summed E-state index contributed by atoms with van der Waals surface area (Å²) in [5, 5.41) is 0. The Hall–Kier alpha value is -0.650. The Kier molecular flexibility index (Phi) is 6.47. The summed E-state index contributed by atoms with van der Waals surface area (Å²) < 4.78 is 9.57. The van der Waals surface area contributed by atoms with Gasteiger partial charge in [0.15, 0.2) is 0 Å². The highest BCUT2D eigenvalue weighted by atomic mass is 16.5. The topological polar surface area (TPSA) is 64.8 Å². The van der Waals surface area contributed by atoms with E-state index >= 15 is 0 Å². The minimum Gasteiger partial charge on any atom is -0.468 e. The van der Waals surface area contributed by atoms with Crippen LogP contribution in [0.15, 0.2) is 0 Å². The van der Waals surface area contributed by atoms with E-state index in [2.05, 4.69) is 9.64 Å². The first-order chi connectivity index (χ1) is 6.94. The maximum absolute atomic E-state index is 11.3. The van der Waals surface area contributed by atoms with E-state index in [4.69, 9.17) is 10.5 Å². The molecular weight excluding hydrogens is 196 g/mol. The molecule has 1 unspecified atom stereocenters. The van der Waals surface area contributed by atoms with Gasteiger partial charge in [-0.2, -0.15) is 0 Å². The molecule has 90 valence electrons. The van der Waals surface area contributed by atoms with Crippen molar-refractivity contribution in [3.05, 3.63) is 0 Å². The van der Waals surface area contributed by atoms with Gasteiger partial charge < -0.3 is 20.1 Å². The van der Waals surface area contributed by atoms with E-state index in [1.807, 2.05) is 7.05 Å². The van der Waals surface area contributed by atoms with Crippen LogP contribution in [0.1, 0.15) is 13.3 Å². The number of rotatable bonds is 7. The third-order valence-corrected chi connectivity index (χ3v) is 2.34. The molecule has 0 aliphatic carbocycles. The molecule has 2 N–H and O–H groups in total. The van der Waals surface area contributed by atoms with Gasteiger partial charge >= 0.3 is 5.97 Å². The average Bonchev–Trinajstić information content (AvgIpc) is 2.22. The SMILES string of the molecule is COCCN(C)CCC(C)(N)C(=O)OC. The molecule has 5 nitrogen and oxygen atoms in total. The van der Waals surface area contributed by atoms with Gasteiger partial charge in [-0.3, -0.25) is 4.79 Å². The molecule has 0 aromatic heterocycles. The second-order valence-electron chi connectivity index (χ2n) is 3.96. The fourth-order valence-electron chi connectivity index (χ4n) is 1.12. The van der Waals surface area contributed by atoms with Gasteiger partial charge in [-0.15, -0.1) is 0 Å². The largest absolute Gasteiger partial charge is 0.468 e. The van der Waals surface area contributed by atoms with Crippen molar-refractivity contribution in [2.45, 2.75) is 18.9 Å². The summed E-state index contributed by atoms with van der Waals surface area (Å²) in [6, 6.07) is 0. The van der Waals surface area contributed by atoms with Crippen LogP contribution in [0.25, 0.3) is 0 Å². The molecule has 0 aromatic carbocycles. The van der Waals surface area contributed by atoms with E-state index in [-0.39, 0.29) is 5.97 Å². The van der Waals surface area contributed by atoms with Crippen LogP contribution in [-0.4, -0.2) is 57.4 Å². The monoisotopic (exact) mass is 218 g/mol. The minimum atomic E-state index is -0.907. The van der Waals surface area contributed by atoms with Gasteiger partial charge in [0, 0.05) is 20.2 Å². The Morgan fingerprint density at radius 3 is 2.47 bits per heavy atom. The number of carbonyl (C=O) groups is 1. The molecular formula is C10H22N2O3. The molecule has 0 aliphatic heterocycles. The van der Waals surface area contributed by atoms with Gasteiger partial charge in [0.25, 0.3) is 0 Å². The van der Waals surface area contributed by atoms with Gasteiger partial charge in [0.05, 0.1) is 13.7 Å². The average molecular weight is 218 g/mol. The third-order valence-electron chi connectivity index (χ3n) is 2.34. The molecule has 15 heavy (non-hydrogen) atoms. The molecule has 0 spiro atoms. The van der Waals surface area contributed by atoms with Gasteiger partial charge in [0.2, 0.25) is 0 Å². The van der Waals surface area contributed by atoms with Crippen molar-refractivity contribution in [3.63, 3.8) is 0 Å². The summed E-state index contributed by atoms with van der Waals surface area (Å²) in [5.74, 6) is -0.373. The van der Waals surface area contributed by atoms with Crippen LogP contribution in [-0.2, 0) is 14.3 Å². The van der Waals surface area contributed by atoms with Crippen molar-refractivity contribution in [2.24, 2.45) is 5.73 Å². The van der Waals surface area contributed by atoms with Crippen molar-refractivity contribution < 1.29 is 14.3 Å². The zero-order valence-corrected chi connectivity index (χ0v) is 10.1. The van der Waals surface area contributed by atoms with E-state index in [1.165, 1.54) is 7.11 Å². The van der Waals surface area contributed by atoms with Crippen LogP contribution in [0, 0.1) is 0 Å². The highest BCUT2D eigenvalue weighted by molar-refractivity contribution is 5.79. The predicted octanol–water partition coefficient (Wildman–Crippen LogP) is -0.155. The molecule has 0 bridgehead atoms. The molecule has 0 aromatic rings. The van der Waals surface area contributed by atoms with E-state index in [1.54, 1.807) is 14.0 Å². The lowest BCUT2D eigenvalue weighted by Gasteiger charge is -2.24. The van der Waals surface area contributed by atoms with E-state index < -0.39 is 5.54 Å². The molecule has 0 aliphatic rings. The summed E-state index contributed by atoms with van der Waals surface area (Å²) in [5.41, 5.74) is 4.91. The fraction of sp³-hybridized carbons (Fsp3) is 0.900. The van der Waals surface area contributed by atoms with Crippen molar-refractivity contribution in [1.29, 1.82) is 0 Å². The second kappa shape index (κ2) is 6.76. The van der Waals surface area contributed by atoms with Gasteiger partial charge in [-0.1, -0.05) is 0 Å². The number of hydrogen-bond acceptors (Lipinski definition) is 5. The van der Waals surface area contributed by atoms with Crippen LogP contribution >= 0.6 is 0 Å². The van der Waals surface area contributed by atoms with Crippen LogP contribution in [0.3, 0.4) is 0 Å². The van der Waals surface area contributed by atoms with E-state index in [0.29, 0.717) is 13.0 Å². The molecule has 0 heterocycles. The summed E-state index contributed by atoms with van der Waals surface area (Å²) in [4.78, 5) is 13.3. The number of methoxy groups -OCH3 is 2. The van der Waals surface area contributed by atoms with Crippen LogP contribution in [0.4, 0.5) is 0 Å². The van der Waals surface area contributed by atoms with Crippen molar-refractivity contribution >= 4 is 5.97 Å². The lowest BCUT2D eigenvalue weighted by atomic mass is 9.99. The van der Waals surface area contributed by atoms with Gasteiger partial charge in [0.1, 0.15) is 5.54 Å². The van der Waals surface area contributed by atoms with Gasteiger partial charge in [-0.25, -0.2) is 0 Å². The smallest absolute Gasteiger partial charge is 0.325 e. The summed E-state index contributed by atoms with van der Waals surface area (Å²) in [7, 11) is 4.98. The lowest BCUT2D eigenvalue weighted by molar-refractivity contribution is -0.146. The van der Waals surface area contributed by atoms with E-state index in [0.717, 1.165) is 13.1 Å². The predicted molar refractivity (Wildman–Crippen MR) is 58.6 cm³/mol. The first-order valence-corrected chi connectivity index (χ1v) is 4.99. The summed E-state index contributed by atoms with van der Waals surface area (Å²) in [6.07, 6.45) is 0.569.